The maximum absolute atomic E-state index is 13.4. The summed E-state index contributed by atoms with van der Waals surface area (Å²) in [5.74, 6) is -0.111. The predicted molar refractivity (Wildman–Crippen MR) is 126 cm³/mol. The molecule has 1 aliphatic rings. The minimum atomic E-state index is -0.552. The van der Waals surface area contributed by atoms with Crippen molar-refractivity contribution in [3.8, 4) is 23.0 Å². The molecule has 6 heteroatoms. The third-order valence-corrected chi connectivity index (χ3v) is 6.35. The van der Waals surface area contributed by atoms with Gasteiger partial charge in [-0.05, 0) is 48.7 Å². The summed E-state index contributed by atoms with van der Waals surface area (Å²) in [6.45, 7) is 1.04. The fourth-order valence-electron chi connectivity index (χ4n) is 4.46. The summed E-state index contributed by atoms with van der Waals surface area (Å²) in [6, 6.07) is 27.9. The number of pyridine rings is 1. The Morgan fingerprint density at radius 3 is 2.18 bits per heavy atom. The number of carbonyl (C=O) groups excluding carboxylic acids is 1. The molecule has 0 radical (unpaired) electrons. The SMILES string of the molecule is N#CC1(c2ccccc2)CCN(C(=O)c2cc(-c3ccncc3)n(-c3ccccc3)n2)CC1. The van der Waals surface area contributed by atoms with E-state index in [-0.39, 0.29) is 5.91 Å². The Balaban J connectivity index is 1.43. The molecule has 33 heavy (non-hydrogen) atoms. The summed E-state index contributed by atoms with van der Waals surface area (Å²) in [4.78, 5) is 19.3. The van der Waals surface area contributed by atoms with E-state index in [1.54, 1.807) is 17.1 Å². The van der Waals surface area contributed by atoms with Gasteiger partial charge in [0.25, 0.3) is 5.91 Å². The lowest BCUT2D eigenvalue weighted by Gasteiger charge is -2.37. The van der Waals surface area contributed by atoms with Crippen molar-refractivity contribution in [1.82, 2.24) is 19.7 Å². The highest BCUT2D eigenvalue weighted by atomic mass is 16.2. The first-order chi connectivity index (χ1) is 16.2. The van der Waals surface area contributed by atoms with Crippen LogP contribution in [-0.2, 0) is 5.41 Å². The topological polar surface area (TPSA) is 74.8 Å². The van der Waals surface area contributed by atoms with E-state index in [1.165, 1.54) is 0 Å². The van der Waals surface area contributed by atoms with Crippen LogP contribution in [-0.4, -0.2) is 38.7 Å². The Kier molecular flexibility index (Phi) is 5.45. The highest BCUT2D eigenvalue weighted by molar-refractivity contribution is 5.93. The van der Waals surface area contributed by atoms with Crippen LogP contribution in [0.25, 0.3) is 16.9 Å². The van der Waals surface area contributed by atoms with Crippen LogP contribution in [0.1, 0.15) is 28.9 Å². The number of carbonyl (C=O) groups is 1. The largest absolute Gasteiger partial charge is 0.337 e. The zero-order valence-corrected chi connectivity index (χ0v) is 18.1. The van der Waals surface area contributed by atoms with Crippen LogP contribution < -0.4 is 0 Å². The van der Waals surface area contributed by atoms with Crippen LogP contribution in [0.3, 0.4) is 0 Å². The van der Waals surface area contributed by atoms with Gasteiger partial charge in [0, 0.05) is 31.0 Å². The number of piperidine rings is 1. The van der Waals surface area contributed by atoms with Gasteiger partial charge in [0.15, 0.2) is 5.69 Å². The number of hydrogen-bond acceptors (Lipinski definition) is 4. The molecule has 2 aromatic carbocycles. The number of benzene rings is 2. The van der Waals surface area contributed by atoms with E-state index >= 15 is 0 Å². The molecule has 1 aliphatic heterocycles. The molecule has 4 aromatic rings. The number of likely N-dealkylation sites (tertiary alicyclic amines) is 1. The van der Waals surface area contributed by atoms with Crippen molar-refractivity contribution in [2.45, 2.75) is 18.3 Å². The van der Waals surface area contributed by atoms with Crippen molar-refractivity contribution in [1.29, 1.82) is 5.26 Å². The first kappa shape index (κ1) is 20.7. The lowest BCUT2D eigenvalue weighted by Crippen LogP contribution is -2.44. The molecule has 5 rings (SSSR count). The summed E-state index contributed by atoms with van der Waals surface area (Å²) in [6.07, 6.45) is 4.68. The van der Waals surface area contributed by atoms with Crippen LogP contribution >= 0.6 is 0 Å². The minimum absolute atomic E-state index is 0.111. The van der Waals surface area contributed by atoms with Gasteiger partial charge in [0.1, 0.15) is 0 Å². The molecule has 0 spiro atoms. The van der Waals surface area contributed by atoms with Crippen molar-refractivity contribution >= 4 is 5.91 Å². The monoisotopic (exact) mass is 433 g/mol. The number of nitrogens with zero attached hydrogens (tertiary/aromatic N) is 5. The van der Waals surface area contributed by atoms with E-state index in [1.807, 2.05) is 83.8 Å². The van der Waals surface area contributed by atoms with Gasteiger partial charge in [0.05, 0.1) is 22.9 Å². The number of rotatable bonds is 4. The molecule has 162 valence electrons. The molecular weight excluding hydrogens is 410 g/mol. The summed E-state index contributed by atoms with van der Waals surface area (Å²) in [5.41, 5.74) is 3.52. The average molecular weight is 434 g/mol. The van der Waals surface area contributed by atoms with E-state index in [0.717, 1.165) is 22.5 Å². The third-order valence-electron chi connectivity index (χ3n) is 6.35. The molecule has 0 bridgehead atoms. The minimum Gasteiger partial charge on any atom is -0.337 e. The molecule has 1 amide bonds. The molecule has 0 atom stereocenters. The second kappa shape index (κ2) is 8.71. The van der Waals surface area contributed by atoms with Crippen molar-refractivity contribution in [3.63, 3.8) is 0 Å². The average Bonchev–Trinajstić information content (AvgIpc) is 3.35. The fourth-order valence-corrected chi connectivity index (χ4v) is 4.46. The van der Waals surface area contributed by atoms with E-state index in [0.29, 0.717) is 31.6 Å². The van der Waals surface area contributed by atoms with Crippen molar-refractivity contribution in [3.05, 3.63) is 103 Å². The van der Waals surface area contributed by atoms with Crippen molar-refractivity contribution < 1.29 is 4.79 Å². The van der Waals surface area contributed by atoms with E-state index in [2.05, 4.69) is 16.2 Å². The summed E-state index contributed by atoms with van der Waals surface area (Å²) in [7, 11) is 0. The molecule has 2 aromatic heterocycles. The van der Waals surface area contributed by atoms with Gasteiger partial charge in [0.2, 0.25) is 0 Å². The first-order valence-electron chi connectivity index (χ1n) is 11.0. The van der Waals surface area contributed by atoms with Crippen LogP contribution in [0.4, 0.5) is 0 Å². The molecule has 0 N–H and O–H groups in total. The maximum atomic E-state index is 13.4. The molecule has 1 fully saturated rings. The quantitative estimate of drug-likeness (QED) is 0.470. The maximum Gasteiger partial charge on any atom is 0.274 e. The zero-order valence-electron chi connectivity index (χ0n) is 18.1. The van der Waals surface area contributed by atoms with Gasteiger partial charge < -0.3 is 4.90 Å². The number of aromatic nitrogens is 3. The summed E-state index contributed by atoms with van der Waals surface area (Å²) in [5, 5.41) is 14.6. The van der Waals surface area contributed by atoms with E-state index in [4.69, 9.17) is 0 Å². The fraction of sp³-hybridized carbons (Fsp3) is 0.185. The highest BCUT2D eigenvalue weighted by Gasteiger charge is 2.38. The smallest absolute Gasteiger partial charge is 0.274 e. The van der Waals surface area contributed by atoms with Crippen molar-refractivity contribution in [2.24, 2.45) is 0 Å². The predicted octanol–water partition coefficient (Wildman–Crippen LogP) is 4.63. The Morgan fingerprint density at radius 2 is 1.55 bits per heavy atom. The summed E-state index contributed by atoms with van der Waals surface area (Å²) >= 11 is 0. The standard InChI is InChI=1S/C27H23N5O/c28-20-27(22-7-3-1-4-8-22)13-17-31(18-14-27)26(33)24-19-25(21-11-15-29-16-12-21)32(30-24)23-9-5-2-6-10-23/h1-12,15-16,19H,13-14,17-18H2. The van der Waals surface area contributed by atoms with Crippen LogP contribution in [0, 0.1) is 11.3 Å². The lowest BCUT2D eigenvalue weighted by atomic mass is 9.74. The number of nitriles is 1. The molecule has 6 nitrogen and oxygen atoms in total. The molecule has 3 heterocycles. The van der Waals surface area contributed by atoms with Gasteiger partial charge in [-0.25, -0.2) is 4.68 Å². The van der Waals surface area contributed by atoms with E-state index < -0.39 is 5.41 Å². The van der Waals surface area contributed by atoms with Gasteiger partial charge in [-0.1, -0.05) is 48.5 Å². The Labute approximate surface area is 192 Å². The highest BCUT2D eigenvalue weighted by Crippen LogP contribution is 2.35. The Hall–Kier alpha value is -4.24. The van der Waals surface area contributed by atoms with Gasteiger partial charge in [-0.3, -0.25) is 9.78 Å². The first-order valence-corrected chi connectivity index (χ1v) is 11.0. The molecule has 0 saturated carbocycles. The molecule has 1 saturated heterocycles. The van der Waals surface area contributed by atoms with E-state index in [9.17, 15) is 10.1 Å². The molecule has 0 unspecified atom stereocenters. The lowest BCUT2D eigenvalue weighted by molar-refractivity contribution is 0.0685. The Bertz CT molecular complexity index is 1230. The summed E-state index contributed by atoms with van der Waals surface area (Å²) < 4.78 is 1.80. The molecular formula is C27H23N5O. The van der Waals surface area contributed by atoms with Crippen LogP contribution in [0.15, 0.2) is 91.3 Å². The number of para-hydroxylation sites is 1. The van der Waals surface area contributed by atoms with Crippen LogP contribution in [0.5, 0.6) is 0 Å². The van der Waals surface area contributed by atoms with Gasteiger partial charge in [-0.15, -0.1) is 0 Å². The second-order valence-electron chi connectivity index (χ2n) is 8.25. The third kappa shape index (κ3) is 3.90. The van der Waals surface area contributed by atoms with Crippen LogP contribution in [0.2, 0.25) is 0 Å². The molecule has 0 aliphatic carbocycles. The number of amides is 1. The van der Waals surface area contributed by atoms with Gasteiger partial charge in [-0.2, -0.15) is 10.4 Å². The normalized spacial score (nSPS) is 15.1. The number of hydrogen-bond donors (Lipinski definition) is 0. The zero-order chi connectivity index (χ0) is 22.7. The Morgan fingerprint density at radius 1 is 0.909 bits per heavy atom. The van der Waals surface area contributed by atoms with Crippen molar-refractivity contribution in [2.75, 3.05) is 13.1 Å². The van der Waals surface area contributed by atoms with Gasteiger partial charge >= 0.3 is 0 Å². The second-order valence-corrected chi connectivity index (χ2v) is 8.25.